The molecule has 0 amide bonds. The van der Waals surface area contributed by atoms with Gasteiger partial charge in [-0.1, -0.05) is 139 Å². The second-order valence-corrected chi connectivity index (χ2v) is 9.03. The Morgan fingerprint density at radius 3 is 1.73 bits per heavy atom. The molecule has 0 heteroatoms. The largest absolute Gasteiger partial charge is 0.0885 e. The lowest BCUT2D eigenvalue weighted by Gasteiger charge is -2.07. The van der Waals surface area contributed by atoms with Crippen LogP contribution in [0.1, 0.15) is 115 Å². The molecule has 2 aromatic rings. The summed E-state index contributed by atoms with van der Waals surface area (Å²) in [5, 5.41) is 2.83. The molecule has 30 heavy (non-hydrogen) atoms. The number of benzene rings is 2. The van der Waals surface area contributed by atoms with Crippen LogP contribution in [-0.2, 0) is 6.42 Å². The molecule has 0 fully saturated rings. The minimum Gasteiger partial charge on any atom is -0.0885 e. The van der Waals surface area contributed by atoms with Gasteiger partial charge in [-0.2, -0.15) is 0 Å². The van der Waals surface area contributed by atoms with Gasteiger partial charge in [0.1, 0.15) is 0 Å². The minimum absolute atomic E-state index is 1.23. The van der Waals surface area contributed by atoms with Gasteiger partial charge in [-0.3, -0.25) is 0 Å². The summed E-state index contributed by atoms with van der Waals surface area (Å²) in [4.78, 5) is 0. The third-order valence-electron chi connectivity index (χ3n) is 6.32. The van der Waals surface area contributed by atoms with E-state index in [2.05, 4.69) is 61.5 Å². The lowest BCUT2D eigenvalue weighted by molar-refractivity contribution is 0.537. The average Bonchev–Trinajstić information content (AvgIpc) is 2.78. The monoisotopic (exact) mass is 406 g/mol. The van der Waals surface area contributed by atoms with Gasteiger partial charge < -0.3 is 0 Å². The zero-order valence-electron chi connectivity index (χ0n) is 19.7. The number of rotatable bonds is 18. The molecule has 0 unspecified atom stereocenters. The van der Waals surface area contributed by atoms with Crippen molar-refractivity contribution < 1.29 is 0 Å². The van der Waals surface area contributed by atoms with Gasteiger partial charge in [0, 0.05) is 0 Å². The van der Waals surface area contributed by atoms with Gasteiger partial charge in [0.25, 0.3) is 0 Å². The Bertz CT molecular complexity index is 676. The number of hydrogen-bond acceptors (Lipinski definition) is 0. The summed E-state index contributed by atoms with van der Waals surface area (Å²) >= 11 is 0. The van der Waals surface area contributed by atoms with Crippen LogP contribution in [0.25, 0.3) is 10.8 Å². The predicted molar refractivity (Wildman–Crippen MR) is 136 cm³/mol. The first kappa shape index (κ1) is 24.7. The quantitative estimate of drug-likeness (QED) is 0.170. The molecule has 0 atom stereocenters. The first-order valence-electron chi connectivity index (χ1n) is 13.0. The first-order valence-corrected chi connectivity index (χ1v) is 13.0. The van der Waals surface area contributed by atoms with Gasteiger partial charge in [0.05, 0.1) is 0 Å². The van der Waals surface area contributed by atoms with Crippen molar-refractivity contribution >= 4 is 10.8 Å². The van der Waals surface area contributed by atoms with Gasteiger partial charge in [0.2, 0.25) is 0 Å². The lowest BCUT2D eigenvalue weighted by atomic mass is 9.99. The molecule has 2 aromatic carbocycles. The maximum Gasteiger partial charge on any atom is -0.0152 e. The first-order chi connectivity index (χ1) is 14.9. The zero-order chi connectivity index (χ0) is 21.1. The van der Waals surface area contributed by atoms with Crippen LogP contribution in [0.2, 0.25) is 0 Å². The van der Waals surface area contributed by atoms with E-state index in [4.69, 9.17) is 0 Å². The second kappa shape index (κ2) is 17.2. The van der Waals surface area contributed by atoms with Crippen molar-refractivity contribution in [2.75, 3.05) is 0 Å². The molecule has 0 radical (unpaired) electrons. The summed E-state index contributed by atoms with van der Waals surface area (Å²) in [6.07, 6.45) is 28.3. The van der Waals surface area contributed by atoms with E-state index in [1.54, 1.807) is 0 Å². The van der Waals surface area contributed by atoms with Crippen LogP contribution >= 0.6 is 0 Å². The van der Waals surface area contributed by atoms with Gasteiger partial charge >= 0.3 is 0 Å². The maximum atomic E-state index is 2.38. The van der Waals surface area contributed by atoms with E-state index in [9.17, 15) is 0 Å². The van der Waals surface area contributed by atoms with Crippen LogP contribution in [0.15, 0.2) is 54.6 Å². The highest BCUT2D eigenvalue weighted by atomic mass is 14.1. The van der Waals surface area contributed by atoms with Crippen LogP contribution in [0.3, 0.4) is 0 Å². The van der Waals surface area contributed by atoms with Crippen LogP contribution in [-0.4, -0.2) is 0 Å². The average molecular weight is 407 g/mol. The molecule has 166 valence electrons. The second-order valence-electron chi connectivity index (χ2n) is 9.03. The number of hydrogen-bond donors (Lipinski definition) is 0. The molecule has 0 aliphatic rings. The number of aryl methyl sites for hydroxylation is 1. The van der Waals surface area contributed by atoms with Crippen molar-refractivity contribution in [2.45, 2.75) is 116 Å². The van der Waals surface area contributed by atoms with Crippen molar-refractivity contribution in [1.29, 1.82) is 0 Å². The molecule has 0 nitrogen and oxygen atoms in total. The van der Waals surface area contributed by atoms with Crippen molar-refractivity contribution in [2.24, 2.45) is 0 Å². The number of fused-ring (bicyclic) bond motifs is 1. The Labute approximate surface area is 187 Å². The van der Waals surface area contributed by atoms with E-state index in [0.717, 1.165) is 0 Å². The molecular formula is C30H46. The fraction of sp³-hybridized carbons (Fsp3) is 0.600. The SMILES string of the molecule is CCC/C=C/CCCCCCCCCCCCCCCc1cccc2ccccc12. The van der Waals surface area contributed by atoms with Gasteiger partial charge in [0.15, 0.2) is 0 Å². The smallest absolute Gasteiger partial charge is 0.0152 e. The van der Waals surface area contributed by atoms with Crippen molar-refractivity contribution in [3.63, 3.8) is 0 Å². The van der Waals surface area contributed by atoms with Crippen LogP contribution in [0, 0.1) is 0 Å². The Hall–Kier alpha value is -1.56. The lowest BCUT2D eigenvalue weighted by Crippen LogP contribution is -1.88. The molecule has 0 heterocycles. The molecule has 0 N–H and O–H groups in total. The highest BCUT2D eigenvalue weighted by Crippen LogP contribution is 2.21. The highest BCUT2D eigenvalue weighted by molar-refractivity contribution is 5.85. The van der Waals surface area contributed by atoms with Gasteiger partial charge in [-0.15, -0.1) is 0 Å². The third-order valence-corrected chi connectivity index (χ3v) is 6.32. The van der Waals surface area contributed by atoms with E-state index in [0.29, 0.717) is 0 Å². The standard InChI is InChI=1S/C30H46/c1-2-3-4-5-6-7-8-9-10-11-12-13-14-15-16-17-18-19-23-28-25-22-26-29-24-20-21-27-30(28)29/h4-5,20-22,24-27H,2-3,6-19,23H2,1H3/b5-4+. The topological polar surface area (TPSA) is 0 Å². The fourth-order valence-electron chi connectivity index (χ4n) is 4.44. The number of allylic oxidation sites excluding steroid dienone is 2. The normalized spacial score (nSPS) is 11.6. The summed E-state index contributed by atoms with van der Waals surface area (Å²) in [6, 6.07) is 15.6. The summed E-state index contributed by atoms with van der Waals surface area (Å²) in [6.45, 7) is 2.25. The molecule has 0 aliphatic heterocycles. The van der Waals surface area contributed by atoms with Crippen molar-refractivity contribution in [3.05, 3.63) is 60.2 Å². The van der Waals surface area contributed by atoms with Crippen LogP contribution < -0.4 is 0 Å². The molecule has 0 aliphatic carbocycles. The summed E-state index contributed by atoms with van der Waals surface area (Å²) in [5.41, 5.74) is 1.53. The molecular weight excluding hydrogens is 360 g/mol. The zero-order valence-corrected chi connectivity index (χ0v) is 19.7. The Morgan fingerprint density at radius 2 is 1.07 bits per heavy atom. The number of unbranched alkanes of at least 4 members (excludes halogenated alkanes) is 14. The summed E-state index contributed by atoms with van der Waals surface area (Å²) in [7, 11) is 0. The molecule has 0 bridgehead atoms. The van der Waals surface area contributed by atoms with E-state index >= 15 is 0 Å². The molecule has 2 rings (SSSR count). The molecule has 0 aromatic heterocycles. The third kappa shape index (κ3) is 11.0. The van der Waals surface area contributed by atoms with Crippen molar-refractivity contribution in [3.8, 4) is 0 Å². The summed E-state index contributed by atoms with van der Waals surface area (Å²) < 4.78 is 0. The van der Waals surface area contributed by atoms with Gasteiger partial charge in [-0.05, 0) is 48.4 Å². The maximum absolute atomic E-state index is 2.38. The van der Waals surface area contributed by atoms with Crippen molar-refractivity contribution in [1.82, 2.24) is 0 Å². The molecule has 0 spiro atoms. The fourth-order valence-corrected chi connectivity index (χ4v) is 4.44. The Kier molecular flexibility index (Phi) is 14.1. The predicted octanol–water partition coefficient (Wildman–Crippen LogP) is 10.2. The molecule has 0 saturated heterocycles. The summed E-state index contributed by atoms with van der Waals surface area (Å²) in [5.74, 6) is 0. The highest BCUT2D eigenvalue weighted by Gasteiger charge is 2.00. The van der Waals surface area contributed by atoms with Crippen LogP contribution in [0.4, 0.5) is 0 Å². The Balaban J connectivity index is 1.35. The molecule has 0 saturated carbocycles. The van der Waals surface area contributed by atoms with E-state index in [1.807, 2.05) is 0 Å². The van der Waals surface area contributed by atoms with Gasteiger partial charge in [-0.25, -0.2) is 0 Å². The van der Waals surface area contributed by atoms with E-state index < -0.39 is 0 Å². The minimum atomic E-state index is 1.23. The van der Waals surface area contributed by atoms with Crippen LogP contribution in [0.5, 0.6) is 0 Å². The van der Waals surface area contributed by atoms with E-state index in [1.165, 1.54) is 125 Å². The Morgan fingerprint density at radius 1 is 0.533 bits per heavy atom. The van der Waals surface area contributed by atoms with E-state index in [-0.39, 0.29) is 0 Å².